The maximum Gasteiger partial charge on any atom is 0.146 e. The van der Waals surface area contributed by atoms with Crippen LogP contribution in [0.3, 0.4) is 0 Å². The van der Waals surface area contributed by atoms with E-state index in [1.165, 1.54) is 4.90 Å². The Morgan fingerprint density at radius 1 is 1.16 bits per heavy atom. The van der Waals surface area contributed by atoms with E-state index < -0.39 is 0 Å². The second-order valence-corrected chi connectivity index (χ2v) is 5.54. The highest BCUT2D eigenvalue weighted by Gasteiger charge is 2.07. The van der Waals surface area contributed by atoms with E-state index in [0.717, 1.165) is 11.3 Å². The molecule has 0 bridgehead atoms. The molecular weight excluding hydrogens is 278 g/mol. The van der Waals surface area contributed by atoms with E-state index in [1.54, 1.807) is 11.8 Å². The molecule has 4 heteroatoms. The summed E-state index contributed by atoms with van der Waals surface area (Å²) in [6.45, 7) is 1.92. The molecule has 2 aromatic carbocycles. The summed E-state index contributed by atoms with van der Waals surface area (Å²) >= 11 is 7.89. The third-order valence-electron chi connectivity index (χ3n) is 2.77. The van der Waals surface area contributed by atoms with Crippen LogP contribution in [0.15, 0.2) is 47.4 Å². The molecule has 0 aromatic heterocycles. The van der Waals surface area contributed by atoms with Crippen molar-refractivity contribution in [2.45, 2.75) is 17.9 Å². The molecule has 1 unspecified atom stereocenters. The normalized spacial score (nSPS) is 12.2. The van der Waals surface area contributed by atoms with Crippen LogP contribution in [0.5, 0.6) is 11.5 Å². The molecule has 0 saturated carbocycles. The van der Waals surface area contributed by atoms with Gasteiger partial charge in [-0.05, 0) is 55.1 Å². The lowest BCUT2D eigenvalue weighted by molar-refractivity contribution is 0.482. The summed E-state index contributed by atoms with van der Waals surface area (Å²) < 4.78 is 5.76. The summed E-state index contributed by atoms with van der Waals surface area (Å²) in [6, 6.07) is 13.5. The molecular formula is C15H16ClNOS. The first kappa shape index (κ1) is 14.3. The van der Waals surface area contributed by atoms with E-state index in [4.69, 9.17) is 22.1 Å². The Labute approximate surface area is 122 Å². The lowest BCUT2D eigenvalue weighted by atomic mass is 10.1. The van der Waals surface area contributed by atoms with Gasteiger partial charge in [0, 0.05) is 10.9 Å². The van der Waals surface area contributed by atoms with Crippen molar-refractivity contribution < 1.29 is 4.74 Å². The van der Waals surface area contributed by atoms with E-state index in [-0.39, 0.29) is 6.04 Å². The minimum Gasteiger partial charge on any atom is -0.456 e. The molecule has 0 saturated heterocycles. The van der Waals surface area contributed by atoms with Crippen molar-refractivity contribution in [3.63, 3.8) is 0 Å². The van der Waals surface area contributed by atoms with Crippen LogP contribution in [-0.4, -0.2) is 6.26 Å². The van der Waals surface area contributed by atoms with E-state index in [0.29, 0.717) is 10.8 Å². The lowest BCUT2D eigenvalue weighted by Gasteiger charge is -2.11. The fraction of sp³-hybridized carbons (Fsp3) is 0.200. The van der Waals surface area contributed by atoms with Gasteiger partial charge in [0.1, 0.15) is 11.5 Å². The standard InChI is InChI=1S/C15H16ClNOS/c1-10(17)11-3-8-15(14(16)9-11)18-12-4-6-13(19-2)7-5-12/h3-10H,17H2,1-2H3. The van der Waals surface area contributed by atoms with Gasteiger partial charge >= 0.3 is 0 Å². The van der Waals surface area contributed by atoms with E-state index in [1.807, 2.05) is 55.6 Å². The third kappa shape index (κ3) is 3.66. The average Bonchev–Trinajstić information content (AvgIpc) is 2.41. The molecule has 0 heterocycles. The minimum atomic E-state index is -0.0348. The zero-order valence-electron chi connectivity index (χ0n) is 10.9. The van der Waals surface area contributed by atoms with Crippen molar-refractivity contribution >= 4 is 23.4 Å². The van der Waals surface area contributed by atoms with Crippen LogP contribution in [0.25, 0.3) is 0 Å². The zero-order chi connectivity index (χ0) is 13.8. The maximum absolute atomic E-state index is 6.20. The summed E-state index contributed by atoms with van der Waals surface area (Å²) in [5.74, 6) is 1.41. The number of hydrogen-bond acceptors (Lipinski definition) is 3. The van der Waals surface area contributed by atoms with Crippen molar-refractivity contribution in [2.24, 2.45) is 5.73 Å². The molecule has 1 atom stereocenters. The predicted molar refractivity (Wildman–Crippen MR) is 82.4 cm³/mol. The second-order valence-electron chi connectivity index (χ2n) is 4.26. The van der Waals surface area contributed by atoms with Crippen molar-refractivity contribution in [1.29, 1.82) is 0 Å². The Balaban J connectivity index is 2.18. The van der Waals surface area contributed by atoms with Gasteiger partial charge in [-0.3, -0.25) is 0 Å². The van der Waals surface area contributed by atoms with E-state index in [2.05, 4.69) is 0 Å². The van der Waals surface area contributed by atoms with Crippen LogP contribution < -0.4 is 10.5 Å². The van der Waals surface area contributed by atoms with E-state index in [9.17, 15) is 0 Å². The number of thioether (sulfide) groups is 1. The monoisotopic (exact) mass is 293 g/mol. The summed E-state index contributed by atoms with van der Waals surface area (Å²) in [6.07, 6.45) is 2.04. The molecule has 2 N–H and O–H groups in total. The van der Waals surface area contributed by atoms with Gasteiger partial charge in [-0.25, -0.2) is 0 Å². The highest BCUT2D eigenvalue weighted by atomic mass is 35.5. The second kappa shape index (κ2) is 6.33. The minimum absolute atomic E-state index is 0.0348. The van der Waals surface area contributed by atoms with Gasteiger partial charge in [0.15, 0.2) is 0 Å². The van der Waals surface area contributed by atoms with Gasteiger partial charge < -0.3 is 10.5 Å². The average molecular weight is 294 g/mol. The van der Waals surface area contributed by atoms with Gasteiger partial charge in [0.2, 0.25) is 0 Å². The Bertz CT molecular complexity index is 555. The Hall–Kier alpha value is -1.16. The van der Waals surface area contributed by atoms with Gasteiger partial charge in [-0.2, -0.15) is 0 Å². The summed E-state index contributed by atoms with van der Waals surface area (Å²) in [4.78, 5) is 1.20. The molecule has 2 nitrogen and oxygen atoms in total. The summed E-state index contributed by atoms with van der Waals surface area (Å²) in [5, 5.41) is 0.573. The van der Waals surface area contributed by atoms with Crippen LogP contribution in [0.4, 0.5) is 0 Å². The zero-order valence-corrected chi connectivity index (χ0v) is 12.5. The molecule has 0 spiro atoms. The molecule has 100 valence electrons. The van der Waals surface area contributed by atoms with Gasteiger partial charge in [0.05, 0.1) is 5.02 Å². The van der Waals surface area contributed by atoms with Crippen molar-refractivity contribution in [3.8, 4) is 11.5 Å². The highest BCUT2D eigenvalue weighted by molar-refractivity contribution is 7.98. The predicted octanol–water partition coefficient (Wildman–Crippen LogP) is 4.87. The first-order valence-electron chi connectivity index (χ1n) is 5.97. The molecule has 0 amide bonds. The topological polar surface area (TPSA) is 35.2 Å². The Morgan fingerprint density at radius 3 is 2.37 bits per heavy atom. The van der Waals surface area contributed by atoms with Crippen LogP contribution >= 0.6 is 23.4 Å². The molecule has 2 rings (SSSR count). The largest absolute Gasteiger partial charge is 0.456 e. The fourth-order valence-corrected chi connectivity index (χ4v) is 2.29. The first-order valence-corrected chi connectivity index (χ1v) is 7.57. The summed E-state index contributed by atoms with van der Waals surface area (Å²) in [7, 11) is 0. The molecule has 2 aromatic rings. The maximum atomic E-state index is 6.20. The number of halogens is 1. The van der Waals surface area contributed by atoms with Gasteiger partial charge in [-0.1, -0.05) is 17.7 Å². The van der Waals surface area contributed by atoms with Crippen LogP contribution in [-0.2, 0) is 0 Å². The smallest absolute Gasteiger partial charge is 0.146 e. The quantitative estimate of drug-likeness (QED) is 0.817. The van der Waals surface area contributed by atoms with Gasteiger partial charge in [0.25, 0.3) is 0 Å². The van der Waals surface area contributed by atoms with Crippen LogP contribution in [0.1, 0.15) is 18.5 Å². The van der Waals surface area contributed by atoms with Crippen molar-refractivity contribution in [3.05, 3.63) is 53.1 Å². The highest BCUT2D eigenvalue weighted by Crippen LogP contribution is 2.32. The van der Waals surface area contributed by atoms with Gasteiger partial charge in [-0.15, -0.1) is 11.8 Å². The molecule has 0 aliphatic heterocycles. The Kier molecular flexibility index (Phi) is 4.75. The van der Waals surface area contributed by atoms with E-state index >= 15 is 0 Å². The lowest BCUT2D eigenvalue weighted by Crippen LogP contribution is -2.04. The first-order chi connectivity index (χ1) is 9.10. The molecule has 19 heavy (non-hydrogen) atoms. The van der Waals surface area contributed by atoms with Crippen molar-refractivity contribution in [2.75, 3.05) is 6.26 Å². The molecule has 0 radical (unpaired) electrons. The summed E-state index contributed by atoms with van der Waals surface area (Å²) in [5.41, 5.74) is 6.81. The number of benzene rings is 2. The number of ether oxygens (including phenoxy) is 1. The molecule has 0 aliphatic rings. The number of hydrogen-bond donors (Lipinski definition) is 1. The van der Waals surface area contributed by atoms with Crippen LogP contribution in [0, 0.1) is 0 Å². The molecule has 0 fully saturated rings. The van der Waals surface area contributed by atoms with Crippen molar-refractivity contribution in [1.82, 2.24) is 0 Å². The van der Waals surface area contributed by atoms with Crippen LogP contribution in [0.2, 0.25) is 5.02 Å². The Morgan fingerprint density at radius 2 is 1.84 bits per heavy atom. The third-order valence-corrected chi connectivity index (χ3v) is 3.81. The number of rotatable bonds is 4. The fourth-order valence-electron chi connectivity index (χ4n) is 1.65. The number of nitrogens with two attached hydrogens (primary N) is 1. The molecule has 0 aliphatic carbocycles. The SMILES string of the molecule is CSc1ccc(Oc2ccc(C(C)N)cc2Cl)cc1.